The van der Waals surface area contributed by atoms with E-state index in [1.807, 2.05) is 6.07 Å². The molecule has 0 bridgehead atoms. The van der Waals surface area contributed by atoms with Gasteiger partial charge in [-0.05, 0) is 26.0 Å². The molecule has 0 aliphatic heterocycles. The zero-order valence-corrected chi connectivity index (χ0v) is 10.7. The fraction of sp³-hybridized carbons (Fsp3) is 0.500. The molecule has 0 saturated heterocycles. The Labute approximate surface area is 107 Å². The Morgan fingerprint density at radius 2 is 2.41 bits per heavy atom. The van der Waals surface area contributed by atoms with Gasteiger partial charge in [0.15, 0.2) is 0 Å². The summed E-state index contributed by atoms with van der Waals surface area (Å²) in [5.41, 5.74) is 6.12. The quantitative estimate of drug-likeness (QED) is 0.770. The maximum Gasteiger partial charge on any atom is 0.123 e. The Balaban J connectivity index is 1.81. The van der Waals surface area contributed by atoms with Crippen LogP contribution in [0.1, 0.15) is 18.5 Å². The van der Waals surface area contributed by atoms with E-state index < -0.39 is 0 Å². The van der Waals surface area contributed by atoms with Gasteiger partial charge in [-0.25, -0.2) is 0 Å². The summed E-state index contributed by atoms with van der Waals surface area (Å²) in [6, 6.07) is 4.36. The van der Waals surface area contributed by atoms with E-state index in [1.165, 1.54) is 12.8 Å². The van der Waals surface area contributed by atoms with Gasteiger partial charge in [0, 0.05) is 24.8 Å². The number of likely N-dealkylation sites (N-methyl/N-ethyl adjacent to an activating group) is 1. The van der Waals surface area contributed by atoms with E-state index in [1.54, 1.807) is 12.3 Å². The third-order valence-corrected chi connectivity index (χ3v) is 3.08. The summed E-state index contributed by atoms with van der Waals surface area (Å²) in [7, 11) is 2.13. The molecule has 0 atom stereocenters. The van der Waals surface area contributed by atoms with Gasteiger partial charge >= 0.3 is 0 Å². The third-order valence-electron chi connectivity index (χ3n) is 2.87. The monoisotopic (exact) mass is 251 g/mol. The van der Waals surface area contributed by atoms with Crippen LogP contribution < -0.4 is 10.5 Å². The molecule has 0 aromatic carbocycles. The van der Waals surface area contributed by atoms with Gasteiger partial charge in [-0.2, -0.15) is 0 Å². The summed E-state index contributed by atoms with van der Waals surface area (Å²) in [4.78, 5) is 6.69. The van der Waals surface area contributed by atoms with Crippen molar-refractivity contribution in [3.63, 3.8) is 0 Å². The normalized spacial score (nSPS) is 14.9. The van der Waals surface area contributed by atoms with Crippen molar-refractivity contribution in [2.24, 2.45) is 5.73 Å². The molecule has 2 N–H and O–H groups in total. The first-order valence-corrected chi connectivity index (χ1v) is 6.16. The summed E-state index contributed by atoms with van der Waals surface area (Å²) in [5, 5.41) is 0. The number of hydrogen-bond donors (Lipinski definition) is 1. The molecule has 2 rings (SSSR count). The molecular weight excluding hydrogens is 234 g/mol. The Hall–Kier alpha value is -1.20. The van der Waals surface area contributed by atoms with Gasteiger partial charge < -0.3 is 15.4 Å². The molecular formula is C12H17N3OS. The summed E-state index contributed by atoms with van der Waals surface area (Å²) in [6.45, 7) is 1.61. The standard InChI is InChI=1S/C12H17N3OS/c1-15(9-2-3-9)6-7-16-10-4-5-14-11(8-10)12(13)17/h4-5,8-9H,2-3,6-7H2,1H3,(H2,13,17). The second kappa shape index (κ2) is 5.42. The maximum absolute atomic E-state index is 5.65. The fourth-order valence-electron chi connectivity index (χ4n) is 1.64. The van der Waals surface area contributed by atoms with Gasteiger partial charge in [-0.3, -0.25) is 4.98 Å². The fourth-order valence-corrected chi connectivity index (χ4v) is 1.75. The lowest BCUT2D eigenvalue weighted by atomic mass is 10.3. The minimum Gasteiger partial charge on any atom is -0.492 e. The molecule has 92 valence electrons. The molecule has 0 amide bonds. The first-order chi connectivity index (χ1) is 8.16. The van der Waals surface area contributed by atoms with Gasteiger partial charge in [0.1, 0.15) is 23.0 Å². The van der Waals surface area contributed by atoms with Crippen LogP contribution in [0, 0.1) is 0 Å². The Morgan fingerprint density at radius 3 is 3.06 bits per heavy atom. The Bertz CT molecular complexity index is 406. The highest BCUT2D eigenvalue weighted by Crippen LogP contribution is 2.24. The molecule has 1 aliphatic rings. The number of nitrogens with two attached hydrogens (primary N) is 1. The van der Waals surface area contributed by atoms with Crippen LogP contribution in [-0.2, 0) is 0 Å². The van der Waals surface area contributed by atoms with Gasteiger partial charge in [0.2, 0.25) is 0 Å². The van der Waals surface area contributed by atoms with Crippen LogP contribution in [0.15, 0.2) is 18.3 Å². The predicted molar refractivity (Wildman–Crippen MR) is 71.3 cm³/mol. The molecule has 0 spiro atoms. The van der Waals surface area contributed by atoms with Crippen LogP contribution in [0.4, 0.5) is 0 Å². The molecule has 4 nitrogen and oxygen atoms in total. The molecule has 1 heterocycles. The minimum absolute atomic E-state index is 0.297. The lowest BCUT2D eigenvalue weighted by Gasteiger charge is -2.15. The molecule has 1 aromatic rings. The van der Waals surface area contributed by atoms with Crippen LogP contribution in [0.3, 0.4) is 0 Å². The molecule has 0 unspecified atom stereocenters. The lowest BCUT2D eigenvalue weighted by Crippen LogP contribution is -2.26. The number of pyridine rings is 1. The SMILES string of the molecule is CN(CCOc1ccnc(C(N)=S)c1)C1CC1. The number of hydrogen-bond acceptors (Lipinski definition) is 4. The summed E-state index contributed by atoms with van der Waals surface area (Å²) >= 11 is 4.87. The first kappa shape index (κ1) is 12.3. The zero-order valence-electron chi connectivity index (χ0n) is 9.93. The van der Waals surface area contributed by atoms with E-state index in [0.717, 1.165) is 18.3 Å². The van der Waals surface area contributed by atoms with Gasteiger partial charge in [-0.15, -0.1) is 0 Å². The van der Waals surface area contributed by atoms with Crippen molar-refractivity contribution in [2.45, 2.75) is 18.9 Å². The number of aromatic nitrogens is 1. The topological polar surface area (TPSA) is 51.4 Å². The van der Waals surface area contributed by atoms with Crippen LogP contribution in [-0.4, -0.2) is 41.1 Å². The van der Waals surface area contributed by atoms with Crippen LogP contribution in [0.2, 0.25) is 0 Å². The number of nitrogens with zero attached hydrogens (tertiary/aromatic N) is 2. The van der Waals surface area contributed by atoms with Crippen molar-refractivity contribution in [1.82, 2.24) is 9.88 Å². The Kier molecular flexibility index (Phi) is 3.91. The zero-order chi connectivity index (χ0) is 12.3. The molecule has 1 saturated carbocycles. The third kappa shape index (κ3) is 3.64. The smallest absolute Gasteiger partial charge is 0.123 e. The minimum atomic E-state index is 0.297. The Morgan fingerprint density at radius 1 is 1.65 bits per heavy atom. The largest absolute Gasteiger partial charge is 0.492 e. The van der Waals surface area contributed by atoms with Gasteiger partial charge in [0.25, 0.3) is 0 Å². The second-order valence-electron chi connectivity index (χ2n) is 4.30. The van der Waals surface area contributed by atoms with Gasteiger partial charge in [0.05, 0.1) is 0 Å². The van der Waals surface area contributed by atoms with E-state index in [4.69, 9.17) is 22.7 Å². The van der Waals surface area contributed by atoms with Crippen molar-refractivity contribution in [1.29, 1.82) is 0 Å². The molecule has 1 aromatic heterocycles. The summed E-state index contributed by atoms with van der Waals surface area (Å²) < 4.78 is 5.65. The lowest BCUT2D eigenvalue weighted by molar-refractivity contribution is 0.231. The molecule has 1 fully saturated rings. The van der Waals surface area contributed by atoms with Crippen LogP contribution in [0.5, 0.6) is 5.75 Å². The van der Waals surface area contributed by atoms with Crippen molar-refractivity contribution in [2.75, 3.05) is 20.2 Å². The number of thiocarbonyl (C=S) groups is 1. The van der Waals surface area contributed by atoms with E-state index in [9.17, 15) is 0 Å². The second-order valence-corrected chi connectivity index (χ2v) is 4.74. The highest BCUT2D eigenvalue weighted by molar-refractivity contribution is 7.80. The van der Waals surface area contributed by atoms with Crippen molar-refractivity contribution >= 4 is 17.2 Å². The molecule has 0 radical (unpaired) electrons. The highest BCUT2D eigenvalue weighted by Gasteiger charge is 2.25. The van der Waals surface area contributed by atoms with Crippen molar-refractivity contribution < 1.29 is 4.74 Å². The molecule has 17 heavy (non-hydrogen) atoms. The average Bonchev–Trinajstić information content (AvgIpc) is 3.13. The van der Waals surface area contributed by atoms with E-state index in [2.05, 4.69) is 16.9 Å². The first-order valence-electron chi connectivity index (χ1n) is 5.75. The maximum atomic E-state index is 5.65. The van der Waals surface area contributed by atoms with E-state index in [-0.39, 0.29) is 0 Å². The van der Waals surface area contributed by atoms with Crippen molar-refractivity contribution in [3.05, 3.63) is 24.0 Å². The number of rotatable bonds is 6. The predicted octanol–water partition coefficient (Wildman–Crippen LogP) is 1.19. The molecule has 5 heteroatoms. The number of ether oxygens (including phenoxy) is 1. The van der Waals surface area contributed by atoms with Gasteiger partial charge in [-0.1, -0.05) is 12.2 Å². The highest BCUT2D eigenvalue weighted by atomic mass is 32.1. The van der Waals surface area contributed by atoms with Crippen LogP contribution >= 0.6 is 12.2 Å². The summed E-state index contributed by atoms with van der Waals surface area (Å²) in [6.07, 6.45) is 4.29. The summed E-state index contributed by atoms with van der Waals surface area (Å²) in [5.74, 6) is 0.770. The van der Waals surface area contributed by atoms with Crippen LogP contribution in [0.25, 0.3) is 0 Å². The van der Waals surface area contributed by atoms with E-state index in [0.29, 0.717) is 17.3 Å². The van der Waals surface area contributed by atoms with E-state index >= 15 is 0 Å². The molecule has 1 aliphatic carbocycles. The average molecular weight is 251 g/mol. The van der Waals surface area contributed by atoms with Crippen molar-refractivity contribution in [3.8, 4) is 5.75 Å².